The van der Waals surface area contributed by atoms with Crippen molar-refractivity contribution in [1.29, 1.82) is 0 Å². The third kappa shape index (κ3) is 2.91. The zero-order valence-electron chi connectivity index (χ0n) is 12.5. The molecule has 0 spiro atoms. The number of amides is 1. The summed E-state index contributed by atoms with van der Waals surface area (Å²) < 4.78 is 0. The molecule has 4 nitrogen and oxygen atoms in total. The SMILES string of the molecule is O=C(O)[C@H]1C[C@@H]2CCCC[C@@H]2N1C(=O)/C=C/c1ccccc1. The number of hydrogen-bond donors (Lipinski definition) is 1. The second-order valence-corrected chi connectivity index (χ2v) is 6.19. The lowest BCUT2D eigenvalue weighted by Crippen LogP contribution is -2.45. The molecule has 0 unspecified atom stereocenters. The Morgan fingerprint density at radius 2 is 1.86 bits per heavy atom. The third-order valence-corrected chi connectivity index (χ3v) is 4.85. The smallest absolute Gasteiger partial charge is 0.326 e. The van der Waals surface area contributed by atoms with Crippen LogP contribution in [-0.2, 0) is 9.59 Å². The minimum absolute atomic E-state index is 0.0998. The Bertz CT molecular complexity index is 581. The highest BCUT2D eigenvalue weighted by Crippen LogP contribution is 2.39. The van der Waals surface area contributed by atoms with Crippen LogP contribution in [0.5, 0.6) is 0 Å². The summed E-state index contributed by atoms with van der Waals surface area (Å²) in [5.41, 5.74) is 0.946. The molecule has 1 aliphatic heterocycles. The third-order valence-electron chi connectivity index (χ3n) is 4.85. The van der Waals surface area contributed by atoms with Crippen molar-refractivity contribution in [1.82, 2.24) is 4.90 Å². The summed E-state index contributed by atoms with van der Waals surface area (Å²) >= 11 is 0. The van der Waals surface area contributed by atoms with Crippen molar-refractivity contribution >= 4 is 18.0 Å². The predicted octanol–water partition coefficient (Wildman–Crippen LogP) is 2.94. The average molecular weight is 299 g/mol. The lowest BCUT2D eigenvalue weighted by atomic mass is 9.85. The summed E-state index contributed by atoms with van der Waals surface area (Å²) in [6.07, 6.45) is 8.08. The number of carboxylic acids is 1. The Balaban J connectivity index is 1.79. The summed E-state index contributed by atoms with van der Waals surface area (Å²) in [5.74, 6) is -0.703. The van der Waals surface area contributed by atoms with E-state index in [0.717, 1.165) is 31.2 Å². The maximum atomic E-state index is 12.6. The van der Waals surface area contributed by atoms with Gasteiger partial charge in [-0.2, -0.15) is 0 Å². The van der Waals surface area contributed by atoms with E-state index in [1.54, 1.807) is 11.0 Å². The van der Waals surface area contributed by atoms with Crippen molar-refractivity contribution in [3.63, 3.8) is 0 Å². The minimum atomic E-state index is -0.879. The lowest BCUT2D eigenvalue weighted by molar-refractivity contribution is -0.147. The predicted molar refractivity (Wildman–Crippen MR) is 84.1 cm³/mol. The number of rotatable bonds is 3. The van der Waals surface area contributed by atoms with Gasteiger partial charge in [0.2, 0.25) is 5.91 Å². The molecule has 22 heavy (non-hydrogen) atoms. The van der Waals surface area contributed by atoms with Gasteiger partial charge in [-0.25, -0.2) is 4.79 Å². The molecule has 1 heterocycles. The van der Waals surface area contributed by atoms with E-state index in [4.69, 9.17) is 0 Å². The number of carbonyl (C=O) groups is 2. The van der Waals surface area contributed by atoms with E-state index in [-0.39, 0.29) is 11.9 Å². The van der Waals surface area contributed by atoms with Crippen LogP contribution in [0.2, 0.25) is 0 Å². The fourth-order valence-electron chi connectivity index (χ4n) is 3.82. The van der Waals surface area contributed by atoms with Crippen LogP contribution in [0, 0.1) is 5.92 Å². The van der Waals surface area contributed by atoms with Gasteiger partial charge in [0.1, 0.15) is 6.04 Å². The Labute approximate surface area is 130 Å². The maximum Gasteiger partial charge on any atom is 0.326 e. The Morgan fingerprint density at radius 3 is 2.59 bits per heavy atom. The van der Waals surface area contributed by atoms with Gasteiger partial charge in [-0.1, -0.05) is 43.2 Å². The average Bonchev–Trinajstić information content (AvgIpc) is 2.93. The second kappa shape index (κ2) is 6.34. The minimum Gasteiger partial charge on any atom is -0.480 e. The van der Waals surface area contributed by atoms with E-state index >= 15 is 0 Å². The molecule has 0 radical (unpaired) electrons. The highest BCUT2D eigenvalue weighted by molar-refractivity contribution is 5.95. The van der Waals surface area contributed by atoms with Crippen LogP contribution in [-0.4, -0.2) is 34.0 Å². The number of likely N-dealkylation sites (tertiary alicyclic amines) is 1. The molecule has 2 aliphatic rings. The topological polar surface area (TPSA) is 57.6 Å². The summed E-state index contributed by atoms with van der Waals surface area (Å²) in [5, 5.41) is 9.45. The van der Waals surface area contributed by atoms with Crippen molar-refractivity contribution in [3.05, 3.63) is 42.0 Å². The molecule has 1 N–H and O–H groups in total. The zero-order valence-corrected chi connectivity index (χ0v) is 12.5. The number of benzene rings is 1. The van der Waals surface area contributed by atoms with E-state index in [1.165, 1.54) is 6.08 Å². The number of aliphatic carboxylic acids is 1. The Kier molecular flexibility index (Phi) is 4.27. The molecule has 1 amide bonds. The molecular formula is C18H21NO3. The molecule has 1 saturated heterocycles. The molecule has 1 aromatic carbocycles. The standard InChI is InChI=1S/C18H21NO3/c20-17(11-10-13-6-2-1-3-7-13)19-15-9-5-4-8-14(15)12-16(19)18(21)22/h1-3,6-7,10-11,14-16H,4-5,8-9,12H2,(H,21,22)/b11-10+/t14-,15-,16+/m0/s1. The highest BCUT2D eigenvalue weighted by atomic mass is 16.4. The quantitative estimate of drug-likeness (QED) is 0.873. The lowest BCUT2D eigenvalue weighted by Gasteiger charge is -2.32. The van der Waals surface area contributed by atoms with Crippen LogP contribution in [0.4, 0.5) is 0 Å². The van der Waals surface area contributed by atoms with E-state index in [9.17, 15) is 14.7 Å². The van der Waals surface area contributed by atoms with Gasteiger partial charge in [0.05, 0.1) is 0 Å². The van der Waals surface area contributed by atoms with Gasteiger partial charge in [-0.05, 0) is 36.8 Å². The Hall–Kier alpha value is -2.10. The largest absolute Gasteiger partial charge is 0.480 e. The molecular weight excluding hydrogens is 278 g/mol. The molecule has 116 valence electrons. The van der Waals surface area contributed by atoms with Gasteiger partial charge in [0.25, 0.3) is 0 Å². The van der Waals surface area contributed by atoms with Gasteiger partial charge in [0, 0.05) is 12.1 Å². The first kappa shape index (κ1) is 14.8. The molecule has 1 saturated carbocycles. The first-order chi connectivity index (χ1) is 10.7. The molecule has 0 bridgehead atoms. The van der Waals surface area contributed by atoms with E-state index in [0.29, 0.717) is 12.3 Å². The van der Waals surface area contributed by atoms with Crippen LogP contribution in [0.25, 0.3) is 6.08 Å². The van der Waals surface area contributed by atoms with Crippen LogP contribution in [0.1, 0.15) is 37.7 Å². The number of carboxylic acid groups (broad SMARTS) is 1. The molecule has 1 aliphatic carbocycles. The molecule has 1 aromatic rings. The molecule has 0 aromatic heterocycles. The molecule has 3 atom stereocenters. The maximum absolute atomic E-state index is 12.6. The highest BCUT2D eigenvalue weighted by Gasteiger charge is 2.46. The van der Waals surface area contributed by atoms with Gasteiger partial charge in [0.15, 0.2) is 0 Å². The van der Waals surface area contributed by atoms with Crippen LogP contribution < -0.4 is 0 Å². The molecule has 3 rings (SSSR count). The van der Waals surface area contributed by atoms with Crippen molar-refractivity contribution < 1.29 is 14.7 Å². The van der Waals surface area contributed by atoms with Crippen LogP contribution in [0.3, 0.4) is 0 Å². The summed E-state index contributed by atoms with van der Waals surface area (Å²) in [6.45, 7) is 0. The molecule has 4 heteroatoms. The van der Waals surface area contributed by atoms with Gasteiger partial charge >= 0.3 is 5.97 Å². The molecule has 2 fully saturated rings. The van der Waals surface area contributed by atoms with Gasteiger partial charge in [-0.3, -0.25) is 4.79 Å². The van der Waals surface area contributed by atoms with Crippen molar-refractivity contribution in [3.8, 4) is 0 Å². The number of carbonyl (C=O) groups excluding carboxylic acids is 1. The number of fused-ring (bicyclic) bond motifs is 1. The van der Waals surface area contributed by atoms with Crippen LogP contribution >= 0.6 is 0 Å². The van der Waals surface area contributed by atoms with E-state index in [2.05, 4.69) is 0 Å². The second-order valence-electron chi connectivity index (χ2n) is 6.19. The van der Waals surface area contributed by atoms with E-state index < -0.39 is 12.0 Å². The van der Waals surface area contributed by atoms with Crippen molar-refractivity contribution in [2.24, 2.45) is 5.92 Å². The number of hydrogen-bond acceptors (Lipinski definition) is 2. The number of nitrogens with zero attached hydrogens (tertiary/aromatic N) is 1. The first-order valence-electron chi connectivity index (χ1n) is 7.95. The van der Waals surface area contributed by atoms with Gasteiger partial charge < -0.3 is 10.0 Å². The normalized spacial score (nSPS) is 27.8. The van der Waals surface area contributed by atoms with Crippen molar-refractivity contribution in [2.75, 3.05) is 0 Å². The zero-order chi connectivity index (χ0) is 15.5. The summed E-state index contributed by atoms with van der Waals surface area (Å²) in [7, 11) is 0. The fraction of sp³-hybridized carbons (Fsp3) is 0.444. The van der Waals surface area contributed by atoms with Crippen molar-refractivity contribution in [2.45, 2.75) is 44.2 Å². The van der Waals surface area contributed by atoms with Gasteiger partial charge in [-0.15, -0.1) is 0 Å². The Morgan fingerprint density at radius 1 is 1.14 bits per heavy atom. The summed E-state index contributed by atoms with van der Waals surface area (Å²) in [4.78, 5) is 25.7. The van der Waals surface area contributed by atoms with E-state index in [1.807, 2.05) is 30.3 Å². The monoisotopic (exact) mass is 299 g/mol. The fourth-order valence-corrected chi connectivity index (χ4v) is 3.82. The first-order valence-corrected chi connectivity index (χ1v) is 7.95. The van der Waals surface area contributed by atoms with Crippen LogP contribution in [0.15, 0.2) is 36.4 Å². The summed E-state index contributed by atoms with van der Waals surface area (Å²) in [6, 6.07) is 9.03.